The van der Waals surface area contributed by atoms with Gasteiger partial charge in [0.15, 0.2) is 0 Å². The van der Waals surface area contributed by atoms with Crippen LogP contribution in [0.4, 0.5) is 0 Å². The molecule has 1 aromatic heterocycles. The van der Waals surface area contributed by atoms with Gasteiger partial charge in [-0.2, -0.15) is 0 Å². The number of hydrogen-bond acceptors (Lipinski definition) is 2. The van der Waals surface area contributed by atoms with Crippen molar-refractivity contribution in [1.82, 2.24) is 10.3 Å². The van der Waals surface area contributed by atoms with Crippen molar-refractivity contribution in [1.29, 1.82) is 0 Å². The van der Waals surface area contributed by atoms with Gasteiger partial charge in [-0.3, -0.25) is 9.78 Å². The highest BCUT2D eigenvalue weighted by Crippen LogP contribution is 2.12. The van der Waals surface area contributed by atoms with Crippen LogP contribution in [0.1, 0.15) is 107 Å². The van der Waals surface area contributed by atoms with Crippen LogP contribution in [0.5, 0.6) is 0 Å². The Morgan fingerprint density at radius 1 is 0.840 bits per heavy atom. The standard InChI is InChI=1S/C22H38N2O/c1-2-3-4-5-6-7-8-9-10-11-12-13-14-15-19-24-22(25)21-17-16-18-23-20-21/h16-18,20H,2-15,19H2,1H3,(H,24,25). The molecule has 0 fully saturated rings. The molecular formula is C22H38N2O. The molecule has 0 spiro atoms. The van der Waals surface area contributed by atoms with Gasteiger partial charge in [0.25, 0.3) is 5.91 Å². The van der Waals surface area contributed by atoms with Gasteiger partial charge in [-0.05, 0) is 18.6 Å². The van der Waals surface area contributed by atoms with E-state index in [9.17, 15) is 4.79 Å². The van der Waals surface area contributed by atoms with E-state index in [0.717, 1.165) is 13.0 Å². The number of rotatable bonds is 16. The van der Waals surface area contributed by atoms with Crippen molar-refractivity contribution < 1.29 is 4.79 Å². The molecule has 0 atom stereocenters. The van der Waals surface area contributed by atoms with Crippen LogP contribution in [0.15, 0.2) is 24.5 Å². The van der Waals surface area contributed by atoms with Gasteiger partial charge in [0, 0.05) is 18.9 Å². The second-order valence-corrected chi connectivity index (χ2v) is 7.09. The van der Waals surface area contributed by atoms with Crippen molar-refractivity contribution >= 4 is 5.91 Å². The summed E-state index contributed by atoms with van der Waals surface area (Å²) in [5, 5.41) is 2.96. The average molecular weight is 347 g/mol. The molecule has 25 heavy (non-hydrogen) atoms. The number of unbranched alkanes of at least 4 members (excludes halogenated alkanes) is 13. The zero-order valence-corrected chi connectivity index (χ0v) is 16.3. The quantitative estimate of drug-likeness (QED) is 0.357. The van der Waals surface area contributed by atoms with Gasteiger partial charge in [-0.25, -0.2) is 0 Å². The van der Waals surface area contributed by atoms with Crippen LogP contribution < -0.4 is 5.32 Å². The van der Waals surface area contributed by atoms with Gasteiger partial charge in [0.2, 0.25) is 0 Å². The predicted octanol–water partition coefficient (Wildman–Crippen LogP) is 6.29. The van der Waals surface area contributed by atoms with Crippen molar-refractivity contribution in [3.8, 4) is 0 Å². The lowest BCUT2D eigenvalue weighted by Gasteiger charge is -2.05. The van der Waals surface area contributed by atoms with Gasteiger partial charge in [-0.1, -0.05) is 90.4 Å². The fraction of sp³-hybridized carbons (Fsp3) is 0.727. The van der Waals surface area contributed by atoms with Gasteiger partial charge in [0.1, 0.15) is 0 Å². The Morgan fingerprint density at radius 3 is 1.84 bits per heavy atom. The van der Waals surface area contributed by atoms with Crippen molar-refractivity contribution in [3.05, 3.63) is 30.1 Å². The number of aromatic nitrogens is 1. The van der Waals surface area contributed by atoms with Gasteiger partial charge < -0.3 is 5.32 Å². The van der Waals surface area contributed by atoms with Crippen molar-refractivity contribution in [2.75, 3.05) is 6.54 Å². The molecule has 1 amide bonds. The predicted molar refractivity (Wildman–Crippen MR) is 107 cm³/mol. The van der Waals surface area contributed by atoms with Crippen LogP contribution in [0.2, 0.25) is 0 Å². The molecule has 3 nitrogen and oxygen atoms in total. The fourth-order valence-corrected chi connectivity index (χ4v) is 3.12. The third kappa shape index (κ3) is 12.6. The first kappa shape index (κ1) is 21.7. The van der Waals surface area contributed by atoms with E-state index in [-0.39, 0.29) is 5.91 Å². The normalized spacial score (nSPS) is 10.8. The van der Waals surface area contributed by atoms with E-state index in [1.165, 1.54) is 83.5 Å². The molecule has 0 saturated carbocycles. The fourth-order valence-electron chi connectivity index (χ4n) is 3.12. The van der Waals surface area contributed by atoms with Crippen LogP contribution in [0.3, 0.4) is 0 Å². The summed E-state index contributed by atoms with van der Waals surface area (Å²) in [6.45, 7) is 3.05. The lowest BCUT2D eigenvalue weighted by Crippen LogP contribution is -2.24. The van der Waals surface area contributed by atoms with E-state index in [0.29, 0.717) is 5.56 Å². The monoisotopic (exact) mass is 346 g/mol. The minimum Gasteiger partial charge on any atom is -0.352 e. The van der Waals surface area contributed by atoms with Crippen LogP contribution in [0, 0.1) is 0 Å². The Kier molecular flexibility index (Phi) is 14.0. The van der Waals surface area contributed by atoms with Crippen LogP contribution in [-0.2, 0) is 0 Å². The molecule has 0 unspecified atom stereocenters. The number of carbonyl (C=O) groups excluding carboxylic acids is 1. The molecule has 0 radical (unpaired) electrons. The Morgan fingerprint density at radius 2 is 1.36 bits per heavy atom. The molecular weight excluding hydrogens is 308 g/mol. The van der Waals surface area contributed by atoms with E-state index in [4.69, 9.17) is 0 Å². The molecule has 0 saturated heterocycles. The molecule has 0 bridgehead atoms. The maximum atomic E-state index is 11.8. The zero-order chi connectivity index (χ0) is 18.0. The number of nitrogens with zero attached hydrogens (tertiary/aromatic N) is 1. The Bertz CT molecular complexity index is 419. The summed E-state index contributed by atoms with van der Waals surface area (Å²) in [5.74, 6) is -0.0113. The van der Waals surface area contributed by atoms with E-state index < -0.39 is 0 Å². The highest BCUT2D eigenvalue weighted by molar-refractivity contribution is 5.93. The first-order valence-electron chi connectivity index (χ1n) is 10.5. The van der Waals surface area contributed by atoms with Crippen LogP contribution >= 0.6 is 0 Å². The first-order valence-corrected chi connectivity index (χ1v) is 10.5. The minimum absolute atomic E-state index is 0.0113. The summed E-state index contributed by atoms with van der Waals surface area (Å²) in [6.07, 6.45) is 22.3. The number of nitrogens with one attached hydrogen (secondary N) is 1. The Balaban J connectivity index is 1.78. The third-order valence-corrected chi connectivity index (χ3v) is 4.74. The van der Waals surface area contributed by atoms with Crippen LogP contribution in [0.25, 0.3) is 0 Å². The molecule has 1 N–H and O–H groups in total. The highest BCUT2D eigenvalue weighted by atomic mass is 16.1. The van der Waals surface area contributed by atoms with Crippen molar-refractivity contribution in [2.24, 2.45) is 0 Å². The molecule has 1 rings (SSSR count). The molecule has 3 heteroatoms. The van der Waals surface area contributed by atoms with E-state index in [2.05, 4.69) is 17.2 Å². The van der Waals surface area contributed by atoms with E-state index in [1.54, 1.807) is 24.5 Å². The molecule has 0 aliphatic rings. The van der Waals surface area contributed by atoms with Gasteiger partial charge in [-0.15, -0.1) is 0 Å². The number of hydrogen-bond donors (Lipinski definition) is 1. The van der Waals surface area contributed by atoms with Crippen molar-refractivity contribution in [3.63, 3.8) is 0 Å². The maximum Gasteiger partial charge on any atom is 0.252 e. The summed E-state index contributed by atoms with van der Waals surface area (Å²) >= 11 is 0. The largest absolute Gasteiger partial charge is 0.352 e. The lowest BCUT2D eigenvalue weighted by molar-refractivity contribution is 0.0952. The summed E-state index contributed by atoms with van der Waals surface area (Å²) in [5.41, 5.74) is 0.646. The molecule has 142 valence electrons. The highest BCUT2D eigenvalue weighted by Gasteiger charge is 2.03. The maximum absolute atomic E-state index is 11.8. The Hall–Kier alpha value is -1.38. The molecule has 0 aliphatic carbocycles. The molecule has 0 aliphatic heterocycles. The zero-order valence-electron chi connectivity index (χ0n) is 16.3. The second kappa shape index (κ2) is 16.1. The third-order valence-electron chi connectivity index (χ3n) is 4.74. The average Bonchev–Trinajstić information content (AvgIpc) is 2.65. The molecule has 1 heterocycles. The smallest absolute Gasteiger partial charge is 0.252 e. The summed E-state index contributed by atoms with van der Waals surface area (Å²) in [7, 11) is 0. The summed E-state index contributed by atoms with van der Waals surface area (Å²) in [6, 6.07) is 3.59. The Labute approximate surface area is 155 Å². The van der Waals surface area contributed by atoms with Crippen LogP contribution in [-0.4, -0.2) is 17.4 Å². The SMILES string of the molecule is CCCCCCCCCCCCCCCCNC(=O)c1cccnc1. The van der Waals surface area contributed by atoms with Gasteiger partial charge in [0.05, 0.1) is 5.56 Å². The second-order valence-electron chi connectivity index (χ2n) is 7.09. The van der Waals surface area contributed by atoms with Gasteiger partial charge >= 0.3 is 0 Å². The number of carbonyl (C=O) groups is 1. The molecule has 0 aromatic carbocycles. The number of pyridine rings is 1. The van der Waals surface area contributed by atoms with E-state index in [1.807, 2.05) is 0 Å². The topological polar surface area (TPSA) is 42.0 Å². The number of amides is 1. The van der Waals surface area contributed by atoms with E-state index >= 15 is 0 Å². The molecule has 1 aromatic rings. The first-order chi connectivity index (χ1) is 12.3. The summed E-state index contributed by atoms with van der Waals surface area (Å²) in [4.78, 5) is 15.8. The minimum atomic E-state index is -0.0113. The lowest BCUT2D eigenvalue weighted by atomic mass is 10.0. The van der Waals surface area contributed by atoms with Crippen molar-refractivity contribution in [2.45, 2.75) is 96.8 Å². The summed E-state index contributed by atoms with van der Waals surface area (Å²) < 4.78 is 0.